The molecule has 4 heterocycles. The Labute approximate surface area is 137 Å². The number of fused-ring (bicyclic) bond motifs is 2. The summed E-state index contributed by atoms with van der Waals surface area (Å²) in [5, 5.41) is 9.45. The Hall–Kier alpha value is -0.690. The molecule has 23 heavy (non-hydrogen) atoms. The number of β-amino-alcohol motifs (C(OH)–C–C–N with tert-alkyl or cyclic N) is 1. The van der Waals surface area contributed by atoms with Crippen LogP contribution in [0, 0.1) is 23.7 Å². The molecule has 1 saturated carbocycles. The van der Waals surface area contributed by atoms with E-state index in [9.17, 15) is 9.90 Å². The fraction of sp³-hybridized carbons (Fsp3) is 0.941. The van der Waals surface area contributed by atoms with Gasteiger partial charge < -0.3 is 14.7 Å². The number of piperidine rings is 1. The third-order valence-corrected chi connectivity index (χ3v) is 6.70. The molecule has 6 heteroatoms. The number of carbonyl (C=O) groups excluding carboxylic acids is 1. The van der Waals surface area contributed by atoms with Crippen LogP contribution in [-0.4, -0.2) is 46.7 Å². The van der Waals surface area contributed by atoms with Crippen molar-refractivity contribution in [1.29, 1.82) is 0 Å². The van der Waals surface area contributed by atoms with Gasteiger partial charge in [0.05, 0.1) is 6.61 Å². The third-order valence-electron chi connectivity index (χ3n) is 6.70. The van der Waals surface area contributed by atoms with Crippen molar-refractivity contribution in [3.63, 3.8) is 0 Å². The highest BCUT2D eigenvalue weighted by Crippen LogP contribution is 2.60. The van der Waals surface area contributed by atoms with Gasteiger partial charge in [0, 0.05) is 24.8 Å². The van der Waals surface area contributed by atoms with Gasteiger partial charge in [-0.25, -0.2) is 9.78 Å². The molecular formula is C17H27NO5. The minimum atomic E-state index is -0.813. The second kappa shape index (κ2) is 5.15. The molecule has 2 bridgehead atoms. The van der Waals surface area contributed by atoms with Crippen LogP contribution >= 0.6 is 0 Å². The van der Waals surface area contributed by atoms with E-state index in [0.29, 0.717) is 11.8 Å². The number of carbonyl (C=O) groups is 1. The minimum absolute atomic E-state index is 0.0627. The standard InChI is InChI=1S/C17H27NO5/c1-10-4-5-13-11(2)14(20)18(8-9-19)15-17(13)12(10)6-7-16(3,21-15)22-23-17/h10-13,15,19H,4-9H2,1-3H3/t10?,11-,12?,13+,15?,16+,17?/m0/s1. The number of ether oxygens (including phenoxy) is 1. The molecule has 1 amide bonds. The van der Waals surface area contributed by atoms with Gasteiger partial charge in [0.1, 0.15) is 0 Å². The number of nitrogens with zero attached hydrogens (tertiary/aromatic N) is 1. The van der Waals surface area contributed by atoms with Crippen LogP contribution in [0.3, 0.4) is 0 Å². The van der Waals surface area contributed by atoms with Gasteiger partial charge in [0.25, 0.3) is 0 Å². The lowest BCUT2D eigenvalue weighted by Gasteiger charge is -2.61. The zero-order chi connectivity index (χ0) is 16.4. The van der Waals surface area contributed by atoms with E-state index in [-0.39, 0.29) is 30.9 Å². The zero-order valence-electron chi connectivity index (χ0n) is 14.2. The molecule has 0 radical (unpaired) electrons. The van der Waals surface area contributed by atoms with Crippen molar-refractivity contribution in [2.75, 3.05) is 13.2 Å². The van der Waals surface area contributed by atoms with Crippen LogP contribution in [0.15, 0.2) is 0 Å². The molecule has 130 valence electrons. The highest BCUT2D eigenvalue weighted by molar-refractivity contribution is 5.80. The van der Waals surface area contributed by atoms with Crippen molar-refractivity contribution in [2.45, 2.75) is 64.1 Å². The second-order valence-electron chi connectivity index (χ2n) is 7.97. The van der Waals surface area contributed by atoms with Crippen LogP contribution in [0.25, 0.3) is 0 Å². The molecule has 4 aliphatic heterocycles. The van der Waals surface area contributed by atoms with Gasteiger partial charge in [0.15, 0.2) is 11.8 Å². The monoisotopic (exact) mass is 325 g/mol. The number of likely N-dealkylation sites (tertiary alicyclic amines) is 1. The largest absolute Gasteiger partial charge is 0.395 e. The summed E-state index contributed by atoms with van der Waals surface area (Å²) in [6.45, 7) is 6.35. The van der Waals surface area contributed by atoms with E-state index in [0.717, 1.165) is 25.7 Å². The lowest BCUT2D eigenvalue weighted by Crippen LogP contribution is -2.75. The van der Waals surface area contributed by atoms with E-state index in [2.05, 4.69) is 6.92 Å². The van der Waals surface area contributed by atoms with Crippen LogP contribution in [0.2, 0.25) is 0 Å². The van der Waals surface area contributed by atoms with Crippen LogP contribution in [-0.2, 0) is 19.3 Å². The van der Waals surface area contributed by atoms with Crippen molar-refractivity contribution in [3.8, 4) is 0 Å². The molecule has 6 nitrogen and oxygen atoms in total. The van der Waals surface area contributed by atoms with Crippen LogP contribution in [0.1, 0.15) is 46.5 Å². The predicted molar refractivity (Wildman–Crippen MR) is 80.8 cm³/mol. The Bertz CT molecular complexity index is 513. The lowest BCUT2D eigenvalue weighted by molar-refractivity contribution is -0.547. The molecule has 0 aromatic carbocycles. The fourth-order valence-electron chi connectivity index (χ4n) is 5.49. The Balaban J connectivity index is 1.85. The summed E-state index contributed by atoms with van der Waals surface area (Å²) in [5.74, 6) is 0.0469. The summed E-state index contributed by atoms with van der Waals surface area (Å²) in [5.41, 5.74) is -0.601. The van der Waals surface area contributed by atoms with Gasteiger partial charge in [0.2, 0.25) is 11.7 Å². The summed E-state index contributed by atoms with van der Waals surface area (Å²) in [6.07, 6.45) is 3.36. The molecular weight excluding hydrogens is 298 g/mol. The summed E-state index contributed by atoms with van der Waals surface area (Å²) < 4.78 is 6.31. The smallest absolute Gasteiger partial charge is 0.227 e. The van der Waals surface area contributed by atoms with Gasteiger partial charge in [-0.05, 0) is 38.0 Å². The summed E-state index contributed by atoms with van der Waals surface area (Å²) in [6, 6.07) is 0. The third kappa shape index (κ3) is 1.98. The quantitative estimate of drug-likeness (QED) is 0.782. The van der Waals surface area contributed by atoms with E-state index >= 15 is 0 Å². The van der Waals surface area contributed by atoms with Crippen molar-refractivity contribution < 1.29 is 24.4 Å². The Morgan fingerprint density at radius 1 is 1.22 bits per heavy atom. The first-order valence-corrected chi connectivity index (χ1v) is 8.89. The molecule has 0 aromatic rings. The summed E-state index contributed by atoms with van der Waals surface area (Å²) >= 11 is 0. The van der Waals surface area contributed by atoms with Gasteiger partial charge in [-0.15, -0.1) is 0 Å². The molecule has 7 atom stereocenters. The molecule has 1 aliphatic carbocycles. The average Bonchev–Trinajstić information content (AvgIpc) is 2.76. The normalized spacial score (nSPS) is 52.3. The van der Waals surface area contributed by atoms with E-state index < -0.39 is 17.6 Å². The van der Waals surface area contributed by atoms with Crippen LogP contribution < -0.4 is 0 Å². The number of hydrogen-bond acceptors (Lipinski definition) is 5. The van der Waals surface area contributed by atoms with Crippen molar-refractivity contribution in [1.82, 2.24) is 4.90 Å². The van der Waals surface area contributed by atoms with Gasteiger partial charge >= 0.3 is 0 Å². The van der Waals surface area contributed by atoms with Gasteiger partial charge in [-0.2, -0.15) is 0 Å². The molecule has 4 saturated heterocycles. The van der Waals surface area contributed by atoms with Gasteiger partial charge in [-0.1, -0.05) is 13.8 Å². The molecule has 5 fully saturated rings. The van der Waals surface area contributed by atoms with Crippen LogP contribution in [0.4, 0.5) is 0 Å². The molecule has 1 N–H and O–H groups in total. The number of hydrogen-bond donors (Lipinski definition) is 1. The van der Waals surface area contributed by atoms with Crippen molar-refractivity contribution in [3.05, 3.63) is 0 Å². The second-order valence-corrected chi connectivity index (χ2v) is 7.97. The van der Waals surface area contributed by atoms with Crippen molar-refractivity contribution in [2.24, 2.45) is 23.7 Å². The summed E-state index contributed by atoms with van der Waals surface area (Å²) in [7, 11) is 0. The first kappa shape index (κ1) is 15.8. The molecule has 1 spiro atoms. The van der Waals surface area contributed by atoms with E-state index in [1.807, 2.05) is 13.8 Å². The Kier molecular flexibility index (Phi) is 3.54. The SMILES string of the molecule is CC1CC[C@@H]2[C@H](C)C(=O)N(CCO)C3O[C@@]4(C)CCC1C32OO4. The maximum atomic E-state index is 12.9. The highest BCUT2D eigenvalue weighted by Gasteiger charge is 2.70. The predicted octanol–water partition coefficient (Wildman–Crippen LogP) is 1.67. The van der Waals surface area contributed by atoms with E-state index in [4.69, 9.17) is 14.5 Å². The van der Waals surface area contributed by atoms with Crippen LogP contribution in [0.5, 0.6) is 0 Å². The van der Waals surface area contributed by atoms with E-state index in [1.165, 1.54) is 0 Å². The average molecular weight is 325 g/mol. The summed E-state index contributed by atoms with van der Waals surface area (Å²) in [4.78, 5) is 26.4. The maximum Gasteiger partial charge on any atom is 0.227 e. The molecule has 5 rings (SSSR count). The van der Waals surface area contributed by atoms with Crippen molar-refractivity contribution >= 4 is 5.91 Å². The lowest BCUT2D eigenvalue weighted by atomic mass is 9.57. The molecule has 4 unspecified atom stereocenters. The zero-order valence-corrected chi connectivity index (χ0v) is 14.2. The number of aliphatic hydroxyl groups is 1. The number of rotatable bonds is 2. The number of amides is 1. The van der Waals surface area contributed by atoms with Gasteiger partial charge in [-0.3, -0.25) is 4.79 Å². The van der Waals surface area contributed by atoms with E-state index in [1.54, 1.807) is 4.90 Å². The Morgan fingerprint density at radius 3 is 2.74 bits per heavy atom. The number of aliphatic hydroxyl groups excluding tert-OH is 1. The maximum absolute atomic E-state index is 12.9. The topological polar surface area (TPSA) is 68.2 Å². The fourth-order valence-corrected chi connectivity index (χ4v) is 5.49. The molecule has 5 aliphatic rings. The first-order valence-electron chi connectivity index (χ1n) is 8.89. The first-order chi connectivity index (χ1) is 10.9. The Morgan fingerprint density at radius 2 is 2.00 bits per heavy atom. The molecule has 0 aromatic heterocycles. The minimum Gasteiger partial charge on any atom is -0.395 e. The highest BCUT2D eigenvalue weighted by atomic mass is 17.3.